The SMILES string of the molecule is CC(C)=NOC(=O)n1c(S(=O)Cc2[nH]ccc(=O)c2C)nc2ccccc21. The largest absolute Gasteiger partial charge is 0.446 e. The number of rotatable bonds is 4. The maximum Gasteiger partial charge on any atom is 0.446 e. The van der Waals surface area contributed by atoms with Crippen molar-refractivity contribution in [3.8, 4) is 0 Å². The van der Waals surface area contributed by atoms with Crippen LogP contribution in [0.4, 0.5) is 4.79 Å². The highest BCUT2D eigenvalue weighted by Crippen LogP contribution is 2.21. The Bertz CT molecular complexity index is 1130. The molecular weight excluding hydrogens is 368 g/mol. The lowest BCUT2D eigenvalue weighted by atomic mass is 10.2. The summed E-state index contributed by atoms with van der Waals surface area (Å²) in [6.07, 6.45) is 0.698. The first-order chi connectivity index (χ1) is 12.9. The summed E-state index contributed by atoms with van der Waals surface area (Å²) in [5.41, 5.74) is 2.38. The zero-order chi connectivity index (χ0) is 19.6. The molecule has 0 aliphatic rings. The molecule has 0 aliphatic heterocycles. The predicted octanol–water partition coefficient (Wildman–Crippen LogP) is 2.72. The van der Waals surface area contributed by atoms with Crippen molar-refractivity contribution in [3.63, 3.8) is 0 Å². The van der Waals surface area contributed by atoms with Crippen LogP contribution in [0.25, 0.3) is 11.0 Å². The van der Waals surface area contributed by atoms with Gasteiger partial charge < -0.3 is 4.98 Å². The molecule has 2 aromatic heterocycles. The summed E-state index contributed by atoms with van der Waals surface area (Å²) in [7, 11) is -1.70. The standard InChI is InChI=1S/C18H18N4O4S/c1-11(2)21-26-18(24)22-15-7-5-4-6-13(15)20-17(22)27(25)10-14-12(3)16(23)8-9-19-14/h4-9H,10H2,1-3H3,(H,19,23). The van der Waals surface area contributed by atoms with Gasteiger partial charge in [-0.05, 0) is 32.9 Å². The van der Waals surface area contributed by atoms with Crippen LogP contribution in [0.1, 0.15) is 25.1 Å². The van der Waals surface area contributed by atoms with Crippen LogP contribution >= 0.6 is 0 Å². The summed E-state index contributed by atoms with van der Waals surface area (Å²) in [5.74, 6) is 0.00852. The van der Waals surface area contributed by atoms with Gasteiger partial charge in [-0.3, -0.25) is 13.8 Å². The highest BCUT2D eigenvalue weighted by atomic mass is 32.2. The van der Waals surface area contributed by atoms with E-state index < -0.39 is 16.9 Å². The van der Waals surface area contributed by atoms with Crippen molar-refractivity contribution >= 4 is 33.6 Å². The first-order valence-electron chi connectivity index (χ1n) is 8.14. The zero-order valence-corrected chi connectivity index (χ0v) is 15.9. The Morgan fingerprint density at radius 3 is 2.78 bits per heavy atom. The summed E-state index contributed by atoms with van der Waals surface area (Å²) in [6.45, 7) is 5.03. The average Bonchev–Trinajstić information content (AvgIpc) is 3.03. The molecule has 1 atom stereocenters. The third kappa shape index (κ3) is 3.87. The Kier molecular flexibility index (Phi) is 5.31. The van der Waals surface area contributed by atoms with E-state index in [1.165, 1.54) is 12.3 Å². The molecule has 9 heteroatoms. The molecule has 0 radical (unpaired) electrons. The molecule has 1 unspecified atom stereocenters. The van der Waals surface area contributed by atoms with Crippen molar-refractivity contribution in [1.82, 2.24) is 14.5 Å². The fraction of sp³-hybridized carbons (Fsp3) is 0.222. The monoisotopic (exact) mass is 386 g/mol. The van der Waals surface area contributed by atoms with Crippen molar-refractivity contribution in [2.45, 2.75) is 31.7 Å². The second kappa shape index (κ2) is 7.67. The Balaban J connectivity index is 2.05. The number of carbonyl (C=O) groups excluding carboxylic acids is 1. The van der Waals surface area contributed by atoms with Crippen LogP contribution in [-0.4, -0.2) is 30.5 Å². The number of hydrogen-bond acceptors (Lipinski definition) is 6. The fourth-order valence-corrected chi connectivity index (χ4v) is 3.72. The first kappa shape index (κ1) is 18.7. The van der Waals surface area contributed by atoms with Gasteiger partial charge in [-0.2, -0.15) is 0 Å². The van der Waals surface area contributed by atoms with E-state index in [-0.39, 0.29) is 16.3 Å². The summed E-state index contributed by atoms with van der Waals surface area (Å²) in [4.78, 5) is 36.5. The van der Waals surface area contributed by atoms with E-state index in [2.05, 4.69) is 15.1 Å². The molecule has 1 aromatic carbocycles. The molecule has 8 nitrogen and oxygen atoms in total. The van der Waals surface area contributed by atoms with Gasteiger partial charge in [0.25, 0.3) is 0 Å². The summed E-state index contributed by atoms with van der Waals surface area (Å²) < 4.78 is 14.1. The molecule has 0 bridgehead atoms. The number of nitrogens with one attached hydrogen (secondary N) is 1. The number of imidazole rings is 1. The third-order valence-electron chi connectivity index (χ3n) is 3.81. The van der Waals surface area contributed by atoms with E-state index in [9.17, 15) is 13.8 Å². The normalized spacial score (nSPS) is 12.0. The average molecular weight is 386 g/mol. The number of H-pyrrole nitrogens is 1. The summed E-state index contributed by atoms with van der Waals surface area (Å²) >= 11 is 0. The van der Waals surface area contributed by atoms with E-state index in [1.54, 1.807) is 45.0 Å². The molecule has 2 heterocycles. The molecular formula is C18H18N4O4S. The summed E-state index contributed by atoms with van der Waals surface area (Å²) in [6, 6.07) is 8.31. The Morgan fingerprint density at radius 2 is 2.04 bits per heavy atom. The Hall–Kier alpha value is -3.07. The molecule has 3 aromatic rings. The number of hydrogen-bond donors (Lipinski definition) is 1. The lowest BCUT2D eigenvalue weighted by Crippen LogP contribution is -2.17. The van der Waals surface area contributed by atoms with E-state index in [4.69, 9.17) is 4.84 Å². The molecule has 0 saturated carbocycles. The number of fused-ring (bicyclic) bond motifs is 1. The highest BCUT2D eigenvalue weighted by Gasteiger charge is 2.23. The van der Waals surface area contributed by atoms with Crippen LogP contribution in [0.15, 0.2) is 51.6 Å². The van der Waals surface area contributed by atoms with Crippen molar-refractivity contribution in [2.75, 3.05) is 0 Å². The topological polar surface area (TPSA) is 106 Å². The Labute approximate surface area is 157 Å². The van der Waals surface area contributed by atoms with Gasteiger partial charge in [-0.1, -0.05) is 17.3 Å². The van der Waals surface area contributed by atoms with Crippen LogP contribution in [0.3, 0.4) is 0 Å². The minimum absolute atomic E-state index is 0.00852. The number of benzene rings is 1. The molecule has 0 aliphatic carbocycles. The van der Waals surface area contributed by atoms with Crippen LogP contribution in [0, 0.1) is 6.92 Å². The van der Waals surface area contributed by atoms with E-state index in [0.29, 0.717) is 28.0 Å². The molecule has 1 N–H and O–H groups in total. The quantitative estimate of drug-likeness (QED) is 0.421. The maximum absolute atomic E-state index is 13.0. The van der Waals surface area contributed by atoms with Crippen LogP contribution < -0.4 is 5.43 Å². The van der Waals surface area contributed by atoms with Gasteiger partial charge in [0, 0.05) is 23.5 Å². The van der Waals surface area contributed by atoms with Gasteiger partial charge in [-0.25, -0.2) is 14.3 Å². The van der Waals surface area contributed by atoms with Gasteiger partial charge in [0.1, 0.15) is 0 Å². The van der Waals surface area contributed by atoms with Crippen LogP contribution in [-0.2, 0) is 21.4 Å². The number of oxime groups is 1. The minimum Gasteiger partial charge on any atom is -0.364 e. The number of carbonyl (C=O) groups is 1. The van der Waals surface area contributed by atoms with Gasteiger partial charge in [-0.15, -0.1) is 0 Å². The van der Waals surface area contributed by atoms with Crippen molar-refractivity contribution in [3.05, 3.63) is 58.0 Å². The smallest absolute Gasteiger partial charge is 0.364 e. The van der Waals surface area contributed by atoms with Crippen molar-refractivity contribution in [1.29, 1.82) is 0 Å². The molecule has 3 rings (SSSR count). The zero-order valence-electron chi connectivity index (χ0n) is 15.1. The second-order valence-electron chi connectivity index (χ2n) is 6.05. The highest BCUT2D eigenvalue weighted by molar-refractivity contribution is 7.84. The third-order valence-corrected chi connectivity index (χ3v) is 5.04. The van der Waals surface area contributed by atoms with Gasteiger partial charge in [0.2, 0.25) is 5.16 Å². The van der Waals surface area contributed by atoms with E-state index in [1.807, 2.05) is 0 Å². The first-order valence-corrected chi connectivity index (χ1v) is 9.46. The minimum atomic E-state index is -1.70. The molecule has 0 saturated heterocycles. The molecule has 0 amide bonds. The number of para-hydroxylation sites is 2. The number of aromatic nitrogens is 3. The molecule has 140 valence electrons. The molecule has 0 spiro atoms. The number of pyridine rings is 1. The van der Waals surface area contributed by atoms with Crippen molar-refractivity contribution in [2.24, 2.45) is 5.16 Å². The number of nitrogens with zero attached hydrogens (tertiary/aromatic N) is 3. The van der Waals surface area contributed by atoms with Gasteiger partial charge in [0.15, 0.2) is 5.43 Å². The maximum atomic E-state index is 13.0. The molecule has 27 heavy (non-hydrogen) atoms. The lowest BCUT2D eigenvalue weighted by molar-refractivity contribution is 0.151. The second-order valence-corrected chi connectivity index (χ2v) is 7.39. The molecule has 0 fully saturated rings. The fourth-order valence-electron chi connectivity index (χ4n) is 2.45. The number of aromatic amines is 1. The Morgan fingerprint density at radius 1 is 1.30 bits per heavy atom. The van der Waals surface area contributed by atoms with Gasteiger partial charge >= 0.3 is 6.09 Å². The van der Waals surface area contributed by atoms with E-state index >= 15 is 0 Å². The van der Waals surface area contributed by atoms with Crippen molar-refractivity contribution < 1.29 is 13.8 Å². The van der Waals surface area contributed by atoms with Crippen LogP contribution in [0.5, 0.6) is 0 Å². The van der Waals surface area contributed by atoms with Crippen LogP contribution in [0.2, 0.25) is 0 Å². The van der Waals surface area contributed by atoms with Gasteiger partial charge in [0.05, 0.1) is 33.3 Å². The lowest BCUT2D eigenvalue weighted by Gasteiger charge is -2.07. The van der Waals surface area contributed by atoms with E-state index in [0.717, 1.165) is 4.57 Å². The summed E-state index contributed by atoms with van der Waals surface area (Å²) in [5, 5.41) is 3.71. The predicted molar refractivity (Wildman–Crippen MR) is 102 cm³/mol.